The summed E-state index contributed by atoms with van der Waals surface area (Å²) in [5, 5.41) is 0. The van der Waals surface area contributed by atoms with Crippen molar-refractivity contribution in [2.75, 3.05) is 49.1 Å². The van der Waals surface area contributed by atoms with Gasteiger partial charge in [0.2, 0.25) is 5.95 Å². The van der Waals surface area contributed by atoms with E-state index in [1.807, 2.05) is 6.20 Å². The maximum atomic E-state index is 4.88. The van der Waals surface area contributed by atoms with Gasteiger partial charge in [0.1, 0.15) is 5.82 Å². The van der Waals surface area contributed by atoms with Crippen LogP contribution in [-0.2, 0) is 6.54 Å². The van der Waals surface area contributed by atoms with Gasteiger partial charge >= 0.3 is 0 Å². The molecule has 2 saturated heterocycles. The van der Waals surface area contributed by atoms with Crippen molar-refractivity contribution in [3.63, 3.8) is 0 Å². The first-order valence-corrected chi connectivity index (χ1v) is 9.87. The number of aromatic nitrogens is 2. The average molecular weight is 351 g/mol. The Hall–Kier alpha value is -2.14. The molecule has 3 heterocycles. The zero-order valence-electron chi connectivity index (χ0n) is 15.7. The summed E-state index contributed by atoms with van der Waals surface area (Å²) < 4.78 is 0. The van der Waals surface area contributed by atoms with Crippen molar-refractivity contribution < 1.29 is 0 Å². The lowest BCUT2D eigenvalue weighted by Gasteiger charge is -2.35. The summed E-state index contributed by atoms with van der Waals surface area (Å²) in [6.07, 6.45) is 4.45. The van der Waals surface area contributed by atoms with Crippen LogP contribution in [0.25, 0.3) is 0 Å². The molecule has 0 saturated carbocycles. The Bertz CT molecular complexity index is 689. The van der Waals surface area contributed by atoms with E-state index in [2.05, 4.69) is 63.0 Å². The Labute approximate surface area is 156 Å². The molecule has 4 rings (SSSR count). The van der Waals surface area contributed by atoms with E-state index >= 15 is 0 Å². The van der Waals surface area contributed by atoms with Crippen LogP contribution in [0.2, 0.25) is 0 Å². The fourth-order valence-corrected chi connectivity index (χ4v) is 3.85. The second-order valence-electron chi connectivity index (χ2n) is 7.63. The van der Waals surface area contributed by atoms with Crippen LogP contribution < -0.4 is 9.80 Å². The van der Waals surface area contributed by atoms with Crippen LogP contribution in [0.4, 0.5) is 11.8 Å². The molecule has 2 aliphatic heterocycles. The largest absolute Gasteiger partial charge is 0.356 e. The van der Waals surface area contributed by atoms with Gasteiger partial charge in [0.25, 0.3) is 0 Å². The van der Waals surface area contributed by atoms with Crippen molar-refractivity contribution in [3.8, 4) is 0 Å². The van der Waals surface area contributed by atoms with E-state index in [0.29, 0.717) is 0 Å². The van der Waals surface area contributed by atoms with Gasteiger partial charge in [-0.3, -0.25) is 4.90 Å². The minimum Gasteiger partial charge on any atom is -0.356 e. The van der Waals surface area contributed by atoms with Crippen molar-refractivity contribution in [1.29, 1.82) is 0 Å². The molecule has 0 spiro atoms. The zero-order valence-corrected chi connectivity index (χ0v) is 15.7. The highest BCUT2D eigenvalue weighted by Crippen LogP contribution is 2.23. The van der Waals surface area contributed by atoms with Crippen LogP contribution >= 0.6 is 0 Å². The summed E-state index contributed by atoms with van der Waals surface area (Å²) in [5.41, 5.74) is 1.39. The highest BCUT2D eigenvalue weighted by molar-refractivity contribution is 5.44. The first-order valence-electron chi connectivity index (χ1n) is 9.87. The first kappa shape index (κ1) is 17.3. The smallest absolute Gasteiger partial charge is 0.227 e. The van der Waals surface area contributed by atoms with Gasteiger partial charge in [0.15, 0.2) is 0 Å². The van der Waals surface area contributed by atoms with Crippen LogP contribution in [0.5, 0.6) is 0 Å². The fraction of sp³-hybridized carbons (Fsp3) is 0.524. The number of hydrogen-bond donors (Lipinski definition) is 0. The van der Waals surface area contributed by atoms with Gasteiger partial charge in [-0.05, 0) is 30.4 Å². The third-order valence-electron chi connectivity index (χ3n) is 5.64. The molecule has 2 aliphatic rings. The van der Waals surface area contributed by atoms with E-state index in [-0.39, 0.29) is 0 Å². The molecule has 0 unspecified atom stereocenters. The normalized spacial score (nSPS) is 19.7. The molecule has 2 fully saturated rings. The minimum absolute atomic E-state index is 0.838. The number of piperidine rings is 1. The molecule has 5 heteroatoms. The van der Waals surface area contributed by atoms with Crippen molar-refractivity contribution in [2.45, 2.75) is 26.3 Å². The number of anilines is 2. The summed E-state index contributed by atoms with van der Waals surface area (Å²) in [6, 6.07) is 12.8. The Morgan fingerprint density at radius 1 is 0.885 bits per heavy atom. The van der Waals surface area contributed by atoms with Gasteiger partial charge in [-0.15, -0.1) is 0 Å². The molecule has 2 aromatic rings. The van der Waals surface area contributed by atoms with Crippen LogP contribution in [0.3, 0.4) is 0 Å². The monoisotopic (exact) mass is 351 g/mol. The van der Waals surface area contributed by atoms with Crippen molar-refractivity contribution >= 4 is 11.8 Å². The number of benzene rings is 1. The lowest BCUT2D eigenvalue weighted by atomic mass is 9.99. The molecule has 138 valence electrons. The molecule has 0 radical (unpaired) electrons. The third-order valence-corrected chi connectivity index (χ3v) is 5.64. The van der Waals surface area contributed by atoms with E-state index in [9.17, 15) is 0 Å². The first-order chi connectivity index (χ1) is 12.8. The molecule has 0 atom stereocenters. The van der Waals surface area contributed by atoms with E-state index < -0.39 is 0 Å². The summed E-state index contributed by atoms with van der Waals surface area (Å²) in [4.78, 5) is 16.7. The molecule has 26 heavy (non-hydrogen) atoms. The highest BCUT2D eigenvalue weighted by atomic mass is 15.3. The van der Waals surface area contributed by atoms with Crippen molar-refractivity contribution in [3.05, 3.63) is 48.2 Å². The minimum atomic E-state index is 0.838. The molecule has 1 aromatic carbocycles. The molecule has 1 aromatic heterocycles. The number of rotatable bonds is 4. The maximum Gasteiger partial charge on any atom is 0.227 e. The Morgan fingerprint density at radius 2 is 1.62 bits per heavy atom. The molecule has 0 bridgehead atoms. The number of hydrogen-bond acceptors (Lipinski definition) is 5. The summed E-state index contributed by atoms with van der Waals surface area (Å²) >= 11 is 0. The highest BCUT2D eigenvalue weighted by Gasteiger charge is 2.21. The van der Waals surface area contributed by atoms with Gasteiger partial charge in [0.05, 0.1) is 0 Å². The fourth-order valence-electron chi connectivity index (χ4n) is 3.85. The van der Waals surface area contributed by atoms with Gasteiger partial charge in [-0.25, -0.2) is 4.98 Å². The predicted molar refractivity (Wildman–Crippen MR) is 107 cm³/mol. The van der Waals surface area contributed by atoms with Gasteiger partial charge in [-0.2, -0.15) is 4.98 Å². The van der Waals surface area contributed by atoms with Crippen LogP contribution in [-0.4, -0.2) is 54.1 Å². The summed E-state index contributed by atoms with van der Waals surface area (Å²) in [7, 11) is 0. The molecule has 0 N–H and O–H groups in total. The molecule has 0 amide bonds. The standard InChI is InChI=1S/C21H29N5/c1-18-8-11-25(12-9-18)20-7-10-22-21(23-20)26-15-13-24(14-16-26)17-19-5-3-2-4-6-19/h2-7,10,18H,8-9,11-17H2,1H3. The second-order valence-corrected chi connectivity index (χ2v) is 7.63. The maximum absolute atomic E-state index is 4.88. The zero-order chi connectivity index (χ0) is 17.8. The Kier molecular flexibility index (Phi) is 5.34. The van der Waals surface area contributed by atoms with Crippen LogP contribution in [0.15, 0.2) is 42.6 Å². The lowest BCUT2D eigenvalue weighted by molar-refractivity contribution is 0.248. The van der Waals surface area contributed by atoms with E-state index in [1.165, 1.54) is 18.4 Å². The van der Waals surface area contributed by atoms with E-state index in [1.54, 1.807) is 0 Å². The number of piperazine rings is 1. The van der Waals surface area contributed by atoms with Crippen molar-refractivity contribution in [2.24, 2.45) is 5.92 Å². The predicted octanol–water partition coefficient (Wildman–Crippen LogP) is 3.04. The lowest BCUT2D eigenvalue weighted by Crippen LogP contribution is -2.46. The molecule has 0 aliphatic carbocycles. The third kappa shape index (κ3) is 4.15. The average Bonchev–Trinajstić information content (AvgIpc) is 2.70. The van der Waals surface area contributed by atoms with Crippen LogP contribution in [0.1, 0.15) is 25.3 Å². The van der Waals surface area contributed by atoms with Gasteiger partial charge in [-0.1, -0.05) is 37.3 Å². The SMILES string of the molecule is CC1CCN(c2ccnc(N3CCN(Cc4ccccc4)CC3)n2)CC1. The van der Waals surface area contributed by atoms with Crippen molar-refractivity contribution in [1.82, 2.24) is 14.9 Å². The van der Waals surface area contributed by atoms with E-state index in [0.717, 1.165) is 63.5 Å². The molecule has 5 nitrogen and oxygen atoms in total. The van der Waals surface area contributed by atoms with Crippen LogP contribution in [0, 0.1) is 5.92 Å². The molecular formula is C21H29N5. The van der Waals surface area contributed by atoms with Gasteiger partial charge < -0.3 is 9.80 Å². The summed E-state index contributed by atoms with van der Waals surface area (Å²) in [6.45, 7) is 9.71. The summed E-state index contributed by atoms with van der Waals surface area (Å²) in [5.74, 6) is 2.82. The number of nitrogens with zero attached hydrogens (tertiary/aromatic N) is 5. The second kappa shape index (κ2) is 8.04. The van der Waals surface area contributed by atoms with E-state index in [4.69, 9.17) is 4.98 Å². The Morgan fingerprint density at radius 3 is 2.35 bits per heavy atom. The molecular weight excluding hydrogens is 322 g/mol. The quantitative estimate of drug-likeness (QED) is 0.846. The topological polar surface area (TPSA) is 35.5 Å². The Balaban J connectivity index is 1.35. The van der Waals surface area contributed by atoms with Gasteiger partial charge in [0, 0.05) is 52.0 Å².